The Morgan fingerprint density at radius 1 is 1.43 bits per heavy atom. The quantitative estimate of drug-likeness (QED) is 0.741. The minimum atomic E-state index is -0.160. The van der Waals surface area contributed by atoms with E-state index in [9.17, 15) is 9.59 Å². The summed E-state index contributed by atoms with van der Waals surface area (Å²) in [5, 5.41) is 5.40. The number of methoxy groups -OCH3 is 1. The topological polar surface area (TPSA) is 79.9 Å². The first-order valence-corrected chi connectivity index (χ1v) is 7.54. The van der Waals surface area contributed by atoms with E-state index in [1.807, 2.05) is 11.9 Å². The Morgan fingerprint density at radius 2 is 2.22 bits per heavy atom. The highest BCUT2D eigenvalue weighted by atomic mass is 16.5. The summed E-state index contributed by atoms with van der Waals surface area (Å²) in [6, 6.07) is 5.24. The number of carbonyl (C=O) groups is 2. The van der Waals surface area contributed by atoms with Crippen molar-refractivity contribution in [1.82, 2.24) is 10.6 Å². The molecule has 0 spiro atoms. The summed E-state index contributed by atoms with van der Waals surface area (Å²) in [5.41, 5.74) is 1.36. The fraction of sp³-hybridized carbons (Fsp3) is 0.500. The molecule has 0 radical (unpaired) electrons. The molecule has 7 heteroatoms. The second kappa shape index (κ2) is 7.82. The maximum absolute atomic E-state index is 12.1. The second-order valence-corrected chi connectivity index (χ2v) is 5.38. The van der Waals surface area contributed by atoms with Crippen molar-refractivity contribution in [3.63, 3.8) is 0 Å². The van der Waals surface area contributed by atoms with Crippen LogP contribution in [0.4, 0.5) is 5.69 Å². The lowest BCUT2D eigenvalue weighted by atomic mass is 10.1. The summed E-state index contributed by atoms with van der Waals surface area (Å²) < 4.78 is 10.6. The molecule has 2 N–H and O–H groups in total. The fourth-order valence-electron chi connectivity index (χ4n) is 2.43. The number of ether oxygens (including phenoxy) is 2. The lowest BCUT2D eigenvalue weighted by molar-refractivity contribution is -0.121. The maximum Gasteiger partial charge on any atom is 0.251 e. The lowest BCUT2D eigenvalue weighted by Crippen LogP contribution is -2.43. The predicted molar refractivity (Wildman–Crippen MR) is 87.0 cm³/mol. The van der Waals surface area contributed by atoms with E-state index in [-0.39, 0.29) is 17.9 Å². The molecule has 1 aliphatic heterocycles. The lowest BCUT2D eigenvalue weighted by Gasteiger charge is -2.35. The van der Waals surface area contributed by atoms with Gasteiger partial charge in [0.05, 0.1) is 24.8 Å². The smallest absolute Gasteiger partial charge is 0.251 e. The van der Waals surface area contributed by atoms with Gasteiger partial charge in [-0.1, -0.05) is 0 Å². The number of carbonyl (C=O) groups excluding carboxylic acids is 2. The summed E-state index contributed by atoms with van der Waals surface area (Å²) in [5.74, 6) is 0.517. The fourth-order valence-corrected chi connectivity index (χ4v) is 2.43. The number of hydrogen-bond donors (Lipinski definition) is 2. The van der Waals surface area contributed by atoms with Gasteiger partial charge in [-0.2, -0.15) is 0 Å². The van der Waals surface area contributed by atoms with Crippen molar-refractivity contribution in [2.45, 2.75) is 12.5 Å². The van der Waals surface area contributed by atoms with Crippen LogP contribution in [0.5, 0.6) is 5.75 Å². The summed E-state index contributed by atoms with van der Waals surface area (Å²) in [6.45, 7) is 1.36. The first-order chi connectivity index (χ1) is 11.1. The third-order valence-electron chi connectivity index (χ3n) is 3.87. The largest absolute Gasteiger partial charge is 0.489 e. The summed E-state index contributed by atoms with van der Waals surface area (Å²) in [6.07, 6.45) is 0.344. The number of nitrogens with zero attached hydrogens (tertiary/aromatic N) is 1. The molecule has 2 rings (SSSR count). The van der Waals surface area contributed by atoms with Crippen LogP contribution in [0.3, 0.4) is 0 Å². The molecule has 0 saturated heterocycles. The zero-order chi connectivity index (χ0) is 16.8. The number of amides is 2. The minimum absolute atomic E-state index is 0.0395. The Kier molecular flexibility index (Phi) is 5.81. The molecule has 1 aromatic rings. The molecule has 0 aromatic heterocycles. The van der Waals surface area contributed by atoms with Crippen LogP contribution < -0.4 is 20.3 Å². The van der Waals surface area contributed by atoms with Gasteiger partial charge in [0.1, 0.15) is 12.4 Å². The van der Waals surface area contributed by atoms with Crippen LogP contribution >= 0.6 is 0 Å². The van der Waals surface area contributed by atoms with E-state index in [0.717, 1.165) is 5.69 Å². The summed E-state index contributed by atoms with van der Waals surface area (Å²) in [4.78, 5) is 25.7. The molecule has 7 nitrogen and oxygen atoms in total. The van der Waals surface area contributed by atoms with Gasteiger partial charge in [0.15, 0.2) is 0 Å². The molecule has 23 heavy (non-hydrogen) atoms. The molecular weight excluding hydrogens is 298 g/mol. The van der Waals surface area contributed by atoms with Crippen LogP contribution in [-0.4, -0.2) is 58.8 Å². The molecule has 1 atom stereocenters. The molecule has 1 unspecified atom stereocenters. The van der Waals surface area contributed by atoms with Crippen LogP contribution in [-0.2, 0) is 9.53 Å². The number of fused-ring (bicyclic) bond motifs is 1. The average Bonchev–Trinajstić information content (AvgIpc) is 2.57. The molecule has 1 aliphatic rings. The Morgan fingerprint density at radius 3 is 2.91 bits per heavy atom. The summed E-state index contributed by atoms with van der Waals surface area (Å²) >= 11 is 0. The molecule has 1 heterocycles. The third kappa shape index (κ3) is 4.13. The van der Waals surface area contributed by atoms with Gasteiger partial charge in [-0.3, -0.25) is 9.59 Å². The van der Waals surface area contributed by atoms with Crippen LogP contribution in [0.2, 0.25) is 0 Å². The monoisotopic (exact) mass is 321 g/mol. The van der Waals surface area contributed by atoms with Crippen molar-refractivity contribution < 1.29 is 19.1 Å². The molecule has 0 fully saturated rings. The minimum Gasteiger partial charge on any atom is -0.489 e. The average molecular weight is 321 g/mol. The van der Waals surface area contributed by atoms with Crippen molar-refractivity contribution >= 4 is 17.5 Å². The number of likely N-dealkylation sites (N-methyl/N-ethyl adjacent to an activating group) is 1. The van der Waals surface area contributed by atoms with E-state index < -0.39 is 0 Å². The van der Waals surface area contributed by atoms with Gasteiger partial charge in [-0.15, -0.1) is 0 Å². The molecule has 0 aliphatic carbocycles. The van der Waals surface area contributed by atoms with Crippen molar-refractivity contribution in [1.29, 1.82) is 0 Å². The zero-order valence-electron chi connectivity index (χ0n) is 13.7. The zero-order valence-corrected chi connectivity index (χ0v) is 13.7. The summed E-state index contributed by atoms with van der Waals surface area (Å²) in [7, 11) is 5.11. The van der Waals surface area contributed by atoms with Crippen LogP contribution in [0.15, 0.2) is 18.2 Å². The van der Waals surface area contributed by atoms with Crippen molar-refractivity contribution in [2.24, 2.45) is 0 Å². The SMILES string of the molecule is CNC(=O)CC1COc2ccc(C(=O)NCCOC)cc2N1C. The second-order valence-electron chi connectivity index (χ2n) is 5.38. The molecule has 126 valence electrons. The van der Waals surface area contributed by atoms with Crippen LogP contribution in [0.1, 0.15) is 16.8 Å². The maximum atomic E-state index is 12.1. The number of nitrogens with one attached hydrogen (secondary N) is 2. The van der Waals surface area contributed by atoms with E-state index in [1.54, 1.807) is 32.4 Å². The highest BCUT2D eigenvalue weighted by molar-refractivity contribution is 5.95. The normalized spacial score (nSPS) is 16.3. The number of rotatable bonds is 6. The van der Waals surface area contributed by atoms with E-state index in [0.29, 0.717) is 37.5 Å². The predicted octanol–water partition coefficient (Wildman–Crippen LogP) is 0.396. The molecule has 1 aromatic carbocycles. The van der Waals surface area contributed by atoms with Gasteiger partial charge < -0.3 is 25.0 Å². The van der Waals surface area contributed by atoms with Crippen LogP contribution in [0.25, 0.3) is 0 Å². The van der Waals surface area contributed by atoms with Gasteiger partial charge in [-0.05, 0) is 18.2 Å². The third-order valence-corrected chi connectivity index (χ3v) is 3.87. The van der Waals surface area contributed by atoms with Crippen molar-refractivity contribution in [2.75, 3.05) is 45.9 Å². The standard InChI is InChI=1S/C16H23N3O4/c1-17-15(20)9-12-10-23-14-5-4-11(8-13(14)19(12)2)16(21)18-6-7-22-3/h4-5,8,12H,6-7,9-10H2,1-3H3,(H,17,20)(H,18,21). The Labute approximate surface area is 135 Å². The molecular formula is C16H23N3O4. The van der Waals surface area contributed by atoms with E-state index >= 15 is 0 Å². The van der Waals surface area contributed by atoms with E-state index in [4.69, 9.17) is 9.47 Å². The van der Waals surface area contributed by atoms with Gasteiger partial charge >= 0.3 is 0 Å². The van der Waals surface area contributed by atoms with E-state index in [1.165, 1.54) is 0 Å². The van der Waals surface area contributed by atoms with E-state index in [2.05, 4.69) is 10.6 Å². The molecule has 0 bridgehead atoms. The first kappa shape index (κ1) is 17.1. The highest BCUT2D eigenvalue weighted by Gasteiger charge is 2.27. The van der Waals surface area contributed by atoms with Crippen LogP contribution in [0, 0.1) is 0 Å². The van der Waals surface area contributed by atoms with Gasteiger partial charge in [0.2, 0.25) is 5.91 Å². The van der Waals surface area contributed by atoms with Gasteiger partial charge in [-0.25, -0.2) is 0 Å². The Bertz CT molecular complexity index is 576. The first-order valence-electron chi connectivity index (χ1n) is 7.54. The van der Waals surface area contributed by atoms with Gasteiger partial charge in [0, 0.05) is 33.3 Å². The molecule has 2 amide bonds. The number of benzene rings is 1. The molecule has 0 saturated carbocycles. The Hall–Kier alpha value is -2.28. The Balaban J connectivity index is 2.12. The van der Waals surface area contributed by atoms with Crippen molar-refractivity contribution in [3.05, 3.63) is 23.8 Å². The van der Waals surface area contributed by atoms with Gasteiger partial charge in [0.25, 0.3) is 5.91 Å². The highest BCUT2D eigenvalue weighted by Crippen LogP contribution is 2.34. The number of hydrogen-bond acceptors (Lipinski definition) is 5. The number of anilines is 1. The van der Waals surface area contributed by atoms with Crippen molar-refractivity contribution in [3.8, 4) is 5.75 Å².